The minimum Gasteiger partial charge on any atom is -0.497 e. The van der Waals surface area contributed by atoms with Crippen molar-refractivity contribution in [3.8, 4) is 5.75 Å². The van der Waals surface area contributed by atoms with Gasteiger partial charge in [-0.05, 0) is 44.5 Å². The third-order valence-electron chi connectivity index (χ3n) is 3.85. The number of piperazine rings is 1. The van der Waals surface area contributed by atoms with Crippen LogP contribution in [0.1, 0.15) is 19.4 Å². The summed E-state index contributed by atoms with van der Waals surface area (Å²) in [5, 5.41) is 0. The number of hydrogen-bond acceptors (Lipinski definition) is 4. The number of carbonyl (C=O) groups is 1. The Labute approximate surface area is 131 Å². The summed E-state index contributed by atoms with van der Waals surface area (Å²) < 4.78 is 31.8. The van der Waals surface area contributed by atoms with Crippen LogP contribution in [0.4, 0.5) is 0 Å². The molecular formula is C15H22N2O4S. The van der Waals surface area contributed by atoms with Crippen LogP contribution in [0, 0.1) is 6.92 Å². The van der Waals surface area contributed by atoms with E-state index < -0.39 is 10.0 Å². The average molecular weight is 326 g/mol. The smallest absolute Gasteiger partial charge is 0.243 e. The van der Waals surface area contributed by atoms with E-state index in [-0.39, 0.29) is 23.4 Å². The first kappa shape index (κ1) is 16.8. The highest BCUT2D eigenvalue weighted by Crippen LogP contribution is 2.25. The molecule has 0 bridgehead atoms. The van der Waals surface area contributed by atoms with Crippen molar-refractivity contribution in [2.75, 3.05) is 26.7 Å². The molecule has 6 nitrogen and oxygen atoms in total. The van der Waals surface area contributed by atoms with Crippen LogP contribution in [0.15, 0.2) is 23.1 Å². The lowest BCUT2D eigenvalue weighted by Crippen LogP contribution is -2.54. The zero-order valence-electron chi connectivity index (χ0n) is 13.4. The van der Waals surface area contributed by atoms with Crippen molar-refractivity contribution in [3.63, 3.8) is 0 Å². The van der Waals surface area contributed by atoms with Crippen LogP contribution < -0.4 is 4.74 Å². The normalized spacial score (nSPS) is 17.1. The topological polar surface area (TPSA) is 66.9 Å². The Balaban J connectivity index is 2.27. The zero-order valence-corrected chi connectivity index (χ0v) is 14.2. The van der Waals surface area contributed by atoms with E-state index >= 15 is 0 Å². The van der Waals surface area contributed by atoms with Crippen molar-refractivity contribution >= 4 is 15.9 Å². The molecule has 1 aromatic rings. The Morgan fingerprint density at radius 2 is 1.91 bits per heavy atom. The standard InChI is InChI=1S/C15H22N2O4S/c1-11(2)17-8-7-16(10-15(17)18)22(19,20)14-6-5-13(21-4)9-12(14)3/h5-6,9,11H,7-8,10H2,1-4H3. The maximum Gasteiger partial charge on any atom is 0.243 e. The molecule has 0 radical (unpaired) electrons. The van der Waals surface area contributed by atoms with E-state index in [1.54, 1.807) is 24.0 Å². The van der Waals surface area contributed by atoms with Gasteiger partial charge in [0.05, 0.1) is 18.6 Å². The van der Waals surface area contributed by atoms with Gasteiger partial charge in [-0.15, -0.1) is 0 Å². The first-order valence-electron chi connectivity index (χ1n) is 7.21. The fraction of sp³-hybridized carbons (Fsp3) is 0.533. The molecule has 1 aliphatic rings. The fourth-order valence-electron chi connectivity index (χ4n) is 2.59. The monoisotopic (exact) mass is 326 g/mol. The van der Waals surface area contributed by atoms with Crippen molar-refractivity contribution in [1.82, 2.24) is 9.21 Å². The van der Waals surface area contributed by atoms with Crippen LogP contribution in [0.2, 0.25) is 0 Å². The number of methoxy groups -OCH3 is 1. The van der Waals surface area contributed by atoms with Gasteiger partial charge in [-0.3, -0.25) is 4.79 Å². The molecule has 1 saturated heterocycles. The van der Waals surface area contributed by atoms with E-state index in [9.17, 15) is 13.2 Å². The summed E-state index contributed by atoms with van der Waals surface area (Å²) in [6.07, 6.45) is 0. The summed E-state index contributed by atoms with van der Waals surface area (Å²) >= 11 is 0. The van der Waals surface area contributed by atoms with Gasteiger partial charge in [0.1, 0.15) is 5.75 Å². The van der Waals surface area contributed by atoms with Gasteiger partial charge in [0, 0.05) is 19.1 Å². The van der Waals surface area contributed by atoms with Crippen LogP contribution in [0.5, 0.6) is 5.75 Å². The van der Waals surface area contributed by atoms with Crippen LogP contribution in [0.25, 0.3) is 0 Å². The minimum atomic E-state index is -3.67. The average Bonchev–Trinajstić information content (AvgIpc) is 2.46. The Bertz CT molecular complexity index is 670. The number of ether oxygens (including phenoxy) is 1. The quantitative estimate of drug-likeness (QED) is 0.835. The summed E-state index contributed by atoms with van der Waals surface area (Å²) in [6, 6.07) is 4.91. The third-order valence-corrected chi connectivity index (χ3v) is 5.85. The van der Waals surface area contributed by atoms with Gasteiger partial charge < -0.3 is 9.64 Å². The molecule has 1 aliphatic heterocycles. The fourth-order valence-corrected chi connectivity index (χ4v) is 4.18. The Hall–Kier alpha value is -1.60. The molecule has 122 valence electrons. The van der Waals surface area contributed by atoms with Crippen LogP contribution in [-0.2, 0) is 14.8 Å². The second kappa shape index (κ2) is 6.26. The second-order valence-corrected chi connectivity index (χ2v) is 7.56. The van der Waals surface area contributed by atoms with Crippen LogP contribution >= 0.6 is 0 Å². The van der Waals surface area contributed by atoms with Crippen molar-refractivity contribution in [2.24, 2.45) is 0 Å². The number of aryl methyl sites for hydroxylation is 1. The van der Waals surface area contributed by atoms with Crippen molar-refractivity contribution < 1.29 is 17.9 Å². The van der Waals surface area contributed by atoms with Gasteiger partial charge in [-0.2, -0.15) is 4.31 Å². The molecule has 0 aliphatic carbocycles. The molecular weight excluding hydrogens is 304 g/mol. The van der Waals surface area contributed by atoms with Crippen molar-refractivity contribution in [1.29, 1.82) is 0 Å². The largest absolute Gasteiger partial charge is 0.497 e. The van der Waals surface area contributed by atoms with Gasteiger partial charge in [-0.25, -0.2) is 8.42 Å². The molecule has 0 spiro atoms. The highest BCUT2D eigenvalue weighted by Gasteiger charge is 2.34. The van der Waals surface area contributed by atoms with Crippen molar-refractivity contribution in [3.05, 3.63) is 23.8 Å². The zero-order chi connectivity index (χ0) is 16.5. The first-order valence-corrected chi connectivity index (χ1v) is 8.65. The molecule has 22 heavy (non-hydrogen) atoms. The second-order valence-electron chi connectivity index (χ2n) is 5.65. The molecule has 0 aromatic heterocycles. The molecule has 1 amide bonds. The number of sulfonamides is 1. The van der Waals surface area contributed by atoms with Crippen LogP contribution in [0.3, 0.4) is 0 Å². The molecule has 0 saturated carbocycles. The van der Waals surface area contributed by atoms with Gasteiger partial charge in [0.25, 0.3) is 0 Å². The number of hydrogen-bond donors (Lipinski definition) is 0. The maximum atomic E-state index is 12.7. The van der Waals surface area contributed by atoms with Gasteiger partial charge in [0.2, 0.25) is 15.9 Å². The molecule has 0 N–H and O–H groups in total. The SMILES string of the molecule is COc1ccc(S(=O)(=O)N2CCN(C(C)C)C(=O)C2)c(C)c1. The summed E-state index contributed by atoms with van der Waals surface area (Å²) in [4.78, 5) is 14.0. The van der Waals surface area contributed by atoms with Gasteiger partial charge in [0.15, 0.2) is 0 Å². The Morgan fingerprint density at radius 3 is 2.41 bits per heavy atom. The Morgan fingerprint density at radius 1 is 1.23 bits per heavy atom. The van der Waals surface area contributed by atoms with Gasteiger partial charge in [-0.1, -0.05) is 0 Å². The molecule has 1 fully saturated rings. The number of nitrogens with zero attached hydrogens (tertiary/aromatic N) is 2. The summed E-state index contributed by atoms with van der Waals surface area (Å²) in [7, 11) is -2.13. The number of benzene rings is 1. The van der Waals surface area contributed by atoms with E-state index in [2.05, 4.69) is 0 Å². The highest BCUT2D eigenvalue weighted by molar-refractivity contribution is 7.89. The van der Waals surface area contributed by atoms with E-state index in [4.69, 9.17) is 4.74 Å². The lowest BCUT2D eigenvalue weighted by Gasteiger charge is -2.36. The molecule has 1 aromatic carbocycles. The highest BCUT2D eigenvalue weighted by atomic mass is 32.2. The molecule has 0 atom stereocenters. The predicted molar refractivity (Wildman–Crippen MR) is 83.3 cm³/mol. The van der Waals surface area contributed by atoms with Gasteiger partial charge >= 0.3 is 0 Å². The third kappa shape index (κ3) is 3.10. The van der Waals surface area contributed by atoms with E-state index in [1.165, 1.54) is 17.5 Å². The lowest BCUT2D eigenvalue weighted by atomic mass is 10.2. The Kier molecular flexibility index (Phi) is 4.77. The van der Waals surface area contributed by atoms with Crippen molar-refractivity contribution in [2.45, 2.75) is 31.7 Å². The minimum absolute atomic E-state index is 0.0834. The number of amides is 1. The summed E-state index contributed by atoms with van der Waals surface area (Å²) in [5.74, 6) is 0.452. The molecule has 1 heterocycles. The molecule has 2 rings (SSSR count). The first-order chi connectivity index (χ1) is 10.3. The van der Waals surface area contributed by atoms with Crippen LogP contribution in [-0.4, -0.2) is 56.3 Å². The summed E-state index contributed by atoms with van der Waals surface area (Å²) in [5.41, 5.74) is 0.609. The number of rotatable bonds is 4. The lowest BCUT2D eigenvalue weighted by molar-refractivity contribution is -0.135. The van der Waals surface area contributed by atoms with E-state index in [1.807, 2.05) is 13.8 Å². The number of carbonyl (C=O) groups excluding carboxylic acids is 1. The molecule has 7 heteroatoms. The maximum absolute atomic E-state index is 12.7. The van der Waals surface area contributed by atoms with E-state index in [0.29, 0.717) is 24.4 Å². The molecule has 0 unspecified atom stereocenters. The van der Waals surface area contributed by atoms with E-state index in [0.717, 1.165) is 0 Å². The predicted octanol–water partition coefficient (Wildman–Crippen LogP) is 1.24. The summed E-state index contributed by atoms with van der Waals surface area (Å²) in [6.45, 7) is 6.21.